The number of amides is 1. The number of benzene rings is 2. The predicted molar refractivity (Wildman–Crippen MR) is 113 cm³/mol. The van der Waals surface area contributed by atoms with Crippen LogP contribution in [0.5, 0.6) is 0 Å². The van der Waals surface area contributed by atoms with Crippen molar-refractivity contribution in [1.82, 2.24) is 9.55 Å². The van der Waals surface area contributed by atoms with E-state index in [1.54, 1.807) is 12.1 Å². The molecule has 0 spiro atoms. The van der Waals surface area contributed by atoms with Gasteiger partial charge in [-0.3, -0.25) is 14.9 Å². The number of carbonyl (C=O) groups excluding carboxylic acids is 1. The number of nitro groups is 1. The van der Waals surface area contributed by atoms with Gasteiger partial charge < -0.3 is 15.2 Å². The van der Waals surface area contributed by atoms with Gasteiger partial charge in [0.1, 0.15) is 11.5 Å². The molecular formula is C21H23N5O3. The first-order valence-corrected chi connectivity index (χ1v) is 9.89. The van der Waals surface area contributed by atoms with E-state index in [0.717, 1.165) is 42.7 Å². The molecule has 150 valence electrons. The van der Waals surface area contributed by atoms with Gasteiger partial charge in [0.25, 0.3) is 11.6 Å². The van der Waals surface area contributed by atoms with E-state index in [4.69, 9.17) is 4.98 Å². The van der Waals surface area contributed by atoms with Gasteiger partial charge in [-0.05, 0) is 50.1 Å². The molecular weight excluding hydrogens is 370 g/mol. The van der Waals surface area contributed by atoms with Gasteiger partial charge in [0.15, 0.2) is 0 Å². The molecule has 29 heavy (non-hydrogen) atoms. The number of imidazole rings is 1. The Labute approximate surface area is 168 Å². The maximum absolute atomic E-state index is 12.7. The summed E-state index contributed by atoms with van der Waals surface area (Å²) < 4.78 is 2.26. The summed E-state index contributed by atoms with van der Waals surface area (Å²) in [6.45, 7) is 3.39. The number of hydrogen-bond acceptors (Lipinski definition) is 5. The molecule has 2 N–H and O–H groups in total. The highest BCUT2D eigenvalue weighted by molar-refractivity contribution is 6.05. The number of aromatic nitrogens is 2. The van der Waals surface area contributed by atoms with E-state index >= 15 is 0 Å². The monoisotopic (exact) mass is 393 g/mol. The summed E-state index contributed by atoms with van der Waals surface area (Å²) in [7, 11) is 0. The summed E-state index contributed by atoms with van der Waals surface area (Å²) in [5.41, 5.74) is 3.06. The number of fused-ring (bicyclic) bond motifs is 3. The second-order valence-electron chi connectivity index (χ2n) is 7.17. The Kier molecular flexibility index (Phi) is 5.16. The molecule has 4 rings (SSSR count). The fourth-order valence-electron chi connectivity index (χ4n) is 3.79. The smallest absolute Gasteiger partial charge is 0.293 e. The molecule has 1 aromatic heterocycles. The first-order valence-electron chi connectivity index (χ1n) is 9.89. The van der Waals surface area contributed by atoms with E-state index in [9.17, 15) is 14.9 Å². The van der Waals surface area contributed by atoms with Gasteiger partial charge in [-0.15, -0.1) is 0 Å². The zero-order valence-corrected chi connectivity index (χ0v) is 16.3. The number of carbonyl (C=O) groups is 1. The first-order chi connectivity index (χ1) is 14.1. The number of rotatable bonds is 5. The summed E-state index contributed by atoms with van der Waals surface area (Å²) in [6.07, 6.45) is 4.49. The Morgan fingerprint density at radius 3 is 2.86 bits per heavy atom. The zero-order valence-electron chi connectivity index (χ0n) is 16.3. The van der Waals surface area contributed by atoms with Gasteiger partial charge in [-0.25, -0.2) is 4.98 Å². The van der Waals surface area contributed by atoms with Crippen LogP contribution in [0.4, 0.5) is 17.1 Å². The van der Waals surface area contributed by atoms with E-state index < -0.39 is 10.8 Å². The second kappa shape index (κ2) is 7.90. The molecule has 0 bridgehead atoms. The van der Waals surface area contributed by atoms with Crippen molar-refractivity contribution in [3.8, 4) is 0 Å². The minimum absolute atomic E-state index is 0.118. The van der Waals surface area contributed by atoms with Crippen molar-refractivity contribution in [2.45, 2.75) is 39.2 Å². The van der Waals surface area contributed by atoms with Crippen molar-refractivity contribution < 1.29 is 9.72 Å². The van der Waals surface area contributed by atoms with Crippen molar-refractivity contribution in [2.24, 2.45) is 0 Å². The number of nitrogens with zero attached hydrogens (tertiary/aromatic N) is 3. The molecule has 0 radical (unpaired) electrons. The average Bonchev–Trinajstić information content (AvgIpc) is 2.88. The molecule has 0 unspecified atom stereocenters. The molecule has 1 aliphatic rings. The van der Waals surface area contributed by atoms with Gasteiger partial charge in [0.05, 0.1) is 16.0 Å². The third-order valence-electron chi connectivity index (χ3n) is 5.19. The van der Waals surface area contributed by atoms with E-state index in [1.807, 2.05) is 25.1 Å². The topological polar surface area (TPSA) is 102 Å². The number of anilines is 2. The van der Waals surface area contributed by atoms with Crippen LogP contribution in [0.3, 0.4) is 0 Å². The molecule has 3 aromatic rings. The fourth-order valence-corrected chi connectivity index (χ4v) is 3.79. The Balaban J connectivity index is 1.59. The molecule has 0 saturated carbocycles. The second-order valence-corrected chi connectivity index (χ2v) is 7.17. The van der Waals surface area contributed by atoms with Crippen molar-refractivity contribution in [1.29, 1.82) is 0 Å². The van der Waals surface area contributed by atoms with Gasteiger partial charge >= 0.3 is 0 Å². The minimum Gasteiger partial charge on any atom is -0.380 e. The van der Waals surface area contributed by atoms with Crippen LogP contribution in [0.25, 0.3) is 11.0 Å². The first kappa shape index (κ1) is 18.9. The van der Waals surface area contributed by atoms with Crippen LogP contribution >= 0.6 is 0 Å². The molecule has 0 saturated heterocycles. The summed E-state index contributed by atoms with van der Waals surface area (Å²) in [6, 6.07) is 10.1. The molecule has 1 amide bonds. The Morgan fingerprint density at radius 2 is 2.07 bits per heavy atom. The Hall–Kier alpha value is -3.42. The predicted octanol–water partition coefficient (Wildman–Crippen LogP) is 4.36. The number of nitrogens with one attached hydrogen (secondary N) is 2. The highest BCUT2D eigenvalue weighted by Gasteiger charge is 2.18. The Bertz CT molecular complexity index is 1090. The summed E-state index contributed by atoms with van der Waals surface area (Å²) in [5.74, 6) is 0.701. The van der Waals surface area contributed by atoms with E-state index in [2.05, 4.69) is 15.2 Å². The van der Waals surface area contributed by atoms with Crippen LogP contribution < -0.4 is 10.6 Å². The van der Waals surface area contributed by atoms with Crippen molar-refractivity contribution in [3.63, 3.8) is 0 Å². The minimum atomic E-state index is -0.487. The third-order valence-corrected chi connectivity index (χ3v) is 5.19. The number of hydrogen-bond donors (Lipinski definition) is 2. The third kappa shape index (κ3) is 3.78. The van der Waals surface area contributed by atoms with Gasteiger partial charge in [0, 0.05) is 36.8 Å². The normalized spacial score (nSPS) is 13.6. The summed E-state index contributed by atoms with van der Waals surface area (Å²) in [5, 5.41) is 17.1. The Morgan fingerprint density at radius 1 is 1.21 bits per heavy atom. The lowest BCUT2D eigenvalue weighted by Gasteiger charge is -2.09. The zero-order chi connectivity index (χ0) is 20.4. The highest BCUT2D eigenvalue weighted by Crippen LogP contribution is 2.27. The largest absolute Gasteiger partial charge is 0.380 e. The maximum atomic E-state index is 12.7. The molecule has 2 heterocycles. The lowest BCUT2D eigenvalue weighted by Crippen LogP contribution is -2.13. The molecule has 8 heteroatoms. The molecule has 0 fully saturated rings. The van der Waals surface area contributed by atoms with Crippen LogP contribution in [0, 0.1) is 10.1 Å². The number of nitro benzene ring substituents is 1. The van der Waals surface area contributed by atoms with Crippen molar-refractivity contribution in [3.05, 3.63) is 57.9 Å². The quantitative estimate of drug-likeness (QED) is 0.495. The van der Waals surface area contributed by atoms with Gasteiger partial charge in [-0.1, -0.05) is 6.42 Å². The van der Waals surface area contributed by atoms with E-state index in [0.29, 0.717) is 17.9 Å². The lowest BCUT2D eigenvalue weighted by molar-refractivity contribution is -0.384. The lowest BCUT2D eigenvalue weighted by atomic mass is 10.1. The van der Waals surface area contributed by atoms with Crippen LogP contribution in [0.2, 0.25) is 0 Å². The van der Waals surface area contributed by atoms with Gasteiger partial charge in [0.2, 0.25) is 0 Å². The molecule has 2 aromatic carbocycles. The van der Waals surface area contributed by atoms with Gasteiger partial charge in [-0.2, -0.15) is 0 Å². The molecule has 0 atom stereocenters. The molecule has 0 aliphatic carbocycles. The summed E-state index contributed by atoms with van der Waals surface area (Å²) in [4.78, 5) is 28.2. The van der Waals surface area contributed by atoms with Crippen LogP contribution in [-0.2, 0) is 13.0 Å². The van der Waals surface area contributed by atoms with Crippen molar-refractivity contribution >= 4 is 34.0 Å². The SMILES string of the molecule is CCNc1ccc(C(=O)Nc2ccc3c(c2)nc2n3CCCCC2)cc1[N+](=O)[O-]. The molecule has 8 nitrogen and oxygen atoms in total. The van der Waals surface area contributed by atoms with Crippen molar-refractivity contribution in [2.75, 3.05) is 17.2 Å². The maximum Gasteiger partial charge on any atom is 0.293 e. The fraction of sp³-hybridized carbons (Fsp3) is 0.333. The highest BCUT2D eigenvalue weighted by atomic mass is 16.6. The van der Waals surface area contributed by atoms with Crippen LogP contribution in [0.15, 0.2) is 36.4 Å². The van der Waals surface area contributed by atoms with E-state index in [-0.39, 0.29) is 11.3 Å². The van der Waals surface area contributed by atoms with E-state index in [1.165, 1.54) is 12.5 Å². The molecule has 1 aliphatic heterocycles. The standard InChI is InChI=1S/C21H23N5O3/c1-2-22-16-9-7-14(12-19(16)26(28)29)21(27)23-15-8-10-18-17(13-15)24-20-6-4-3-5-11-25(18)20/h7-10,12-13,22H,2-6,11H2,1H3,(H,23,27). The van der Waals surface area contributed by atoms with Crippen LogP contribution in [0.1, 0.15) is 42.4 Å². The van der Waals surface area contributed by atoms with Crippen LogP contribution in [-0.4, -0.2) is 26.9 Å². The average molecular weight is 393 g/mol. The number of aryl methyl sites for hydroxylation is 2. The summed E-state index contributed by atoms with van der Waals surface area (Å²) >= 11 is 0.